The number of hydrogen-bond donors (Lipinski definition) is 0. The molecule has 3 nitrogen and oxygen atoms in total. The van der Waals surface area contributed by atoms with Gasteiger partial charge in [-0.05, 0) is 44.5 Å². The van der Waals surface area contributed by atoms with Crippen molar-refractivity contribution in [1.82, 2.24) is 4.90 Å². The van der Waals surface area contributed by atoms with Gasteiger partial charge in [-0.15, -0.1) is 0 Å². The van der Waals surface area contributed by atoms with Crippen LogP contribution in [0.15, 0.2) is 24.3 Å². The fraction of sp³-hybridized carbons (Fsp3) is 0.588. The second-order valence-corrected chi connectivity index (χ2v) is 6.03. The zero-order chi connectivity index (χ0) is 15.1. The summed E-state index contributed by atoms with van der Waals surface area (Å²) in [7, 11) is 3.93. The zero-order valence-corrected chi connectivity index (χ0v) is 13.3. The lowest BCUT2D eigenvalue weighted by molar-refractivity contribution is -0.145. The highest BCUT2D eigenvalue weighted by Gasteiger charge is 2.16. The third-order valence-electron chi connectivity index (χ3n) is 3.26. The molecule has 0 N–H and O–H groups in total. The van der Waals surface area contributed by atoms with E-state index in [9.17, 15) is 4.79 Å². The van der Waals surface area contributed by atoms with Crippen molar-refractivity contribution in [2.45, 2.75) is 33.1 Å². The maximum Gasteiger partial charge on any atom is 0.313 e. The first-order valence-corrected chi connectivity index (χ1v) is 7.30. The summed E-state index contributed by atoms with van der Waals surface area (Å²) in [6.45, 7) is 7.51. The fourth-order valence-corrected chi connectivity index (χ4v) is 2.00. The normalized spacial score (nSPS) is 12.8. The van der Waals surface area contributed by atoms with Crippen LogP contribution in [-0.4, -0.2) is 38.1 Å². The molecule has 0 saturated carbocycles. The summed E-state index contributed by atoms with van der Waals surface area (Å²) in [5.41, 5.74) is 2.34. The quantitative estimate of drug-likeness (QED) is 0.717. The van der Waals surface area contributed by atoms with Crippen LogP contribution in [0, 0.1) is 5.92 Å². The van der Waals surface area contributed by atoms with E-state index < -0.39 is 0 Å². The molecule has 3 heteroatoms. The van der Waals surface area contributed by atoms with Crippen molar-refractivity contribution >= 4 is 5.97 Å². The van der Waals surface area contributed by atoms with Crippen molar-refractivity contribution in [1.29, 1.82) is 0 Å². The van der Waals surface area contributed by atoms with Gasteiger partial charge in [0.2, 0.25) is 0 Å². The molecule has 0 radical (unpaired) electrons. The Kier molecular flexibility index (Phi) is 6.73. The Morgan fingerprint density at radius 2 is 1.75 bits per heavy atom. The van der Waals surface area contributed by atoms with E-state index in [2.05, 4.69) is 26.0 Å². The van der Waals surface area contributed by atoms with E-state index in [0.29, 0.717) is 12.5 Å². The number of ether oxygens (including phenoxy) is 1. The molecular weight excluding hydrogens is 250 g/mol. The first kappa shape index (κ1) is 16.7. The second kappa shape index (κ2) is 8.05. The van der Waals surface area contributed by atoms with Gasteiger partial charge in [-0.3, -0.25) is 4.79 Å². The van der Waals surface area contributed by atoms with Crippen molar-refractivity contribution in [3.63, 3.8) is 0 Å². The van der Waals surface area contributed by atoms with Gasteiger partial charge in [0.15, 0.2) is 0 Å². The molecule has 0 fully saturated rings. The van der Waals surface area contributed by atoms with Gasteiger partial charge in [-0.1, -0.05) is 38.1 Å². The van der Waals surface area contributed by atoms with Gasteiger partial charge < -0.3 is 9.64 Å². The van der Waals surface area contributed by atoms with Crippen molar-refractivity contribution < 1.29 is 9.53 Å². The van der Waals surface area contributed by atoms with Crippen LogP contribution in [0.4, 0.5) is 0 Å². The van der Waals surface area contributed by atoms with Gasteiger partial charge in [0, 0.05) is 6.54 Å². The first-order valence-electron chi connectivity index (χ1n) is 7.30. The highest BCUT2D eigenvalue weighted by molar-refractivity contribution is 5.77. The summed E-state index contributed by atoms with van der Waals surface area (Å²) in [4.78, 5) is 13.9. The number of carbonyl (C=O) groups excluding carboxylic acids is 1. The van der Waals surface area contributed by atoms with E-state index in [4.69, 9.17) is 4.74 Å². The van der Waals surface area contributed by atoms with Crippen LogP contribution in [-0.2, 0) is 16.0 Å². The average molecular weight is 277 g/mol. The van der Waals surface area contributed by atoms with Gasteiger partial charge in [0.05, 0.1) is 5.92 Å². The summed E-state index contributed by atoms with van der Waals surface area (Å²) >= 11 is 0. The smallest absolute Gasteiger partial charge is 0.313 e. The van der Waals surface area contributed by atoms with Gasteiger partial charge in [0.1, 0.15) is 6.61 Å². The SMILES string of the molecule is CC(C)Cc1ccc([C@@H](C)C(=O)OCCN(C)C)cc1. The van der Waals surface area contributed by atoms with E-state index in [1.807, 2.05) is 38.1 Å². The predicted octanol–water partition coefficient (Wildman–Crippen LogP) is 3.09. The van der Waals surface area contributed by atoms with Crippen LogP contribution in [0.2, 0.25) is 0 Å². The second-order valence-electron chi connectivity index (χ2n) is 6.03. The highest BCUT2D eigenvalue weighted by Crippen LogP contribution is 2.18. The molecule has 1 aromatic carbocycles. The molecule has 0 aliphatic carbocycles. The number of rotatable bonds is 7. The molecule has 1 atom stereocenters. The third kappa shape index (κ3) is 5.74. The van der Waals surface area contributed by atoms with Crippen molar-refractivity contribution in [3.05, 3.63) is 35.4 Å². The fourth-order valence-electron chi connectivity index (χ4n) is 2.00. The Labute approximate surface area is 122 Å². The molecule has 1 aromatic rings. The largest absolute Gasteiger partial charge is 0.464 e. The molecule has 0 aliphatic heterocycles. The number of benzene rings is 1. The Balaban J connectivity index is 2.53. The molecule has 0 aliphatic rings. The average Bonchev–Trinajstić information content (AvgIpc) is 2.37. The lowest BCUT2D eigenvalue weighted by Gasteiger charge is -2.14. The maximum absolute atomic E-state index is 11.9. The summed E-state index contributed by atoms with van der Waals surface area (Å²) in [6.07, 6.45) is 1.07. The van der Waals surface area contributed by atoms with Gasteiger partial charge in [-0.25, -0.2) is 0 Å². The molecule has 1 rings (SSSR count). The Hall–Kier alpha value is -1.35. The highest BCUT2D eigenvalue weighted by atomic mass is 16.5. The van der Waals surface area contributed by atoms with Crippen LogP contribution >= 0.6 is 0 Å². The Bertz CT molecular complexity index is 410. The monoisotopic (exact) mass is 277 g/mol. The molecule has 0 bridgehead atoms. The molecule has 112 valence electrons. The molecule has 0 amide bonds. The van der Waals surface area contributed by atoms with E-state index in [1.54, 1.807) is 0 Å². The third-order valence-corrected chi connectivity index (χ3v) is 3.26. The standard InChI is InChI=1S/C17H27NO2/c1-13(2)12-15-6-8-16(9-7-15)14(3)17(19)20-11-10-18(4)5/h6-9,13-14H,10-12H2,1-5H3/t14-/m1/s1. The minimum Gasteiger partial charge on any atom is -0.464 e. The van der Waals surface area contributed by atoms with Crippen LogP contribution in [0.25, 0.3) is 0 Å². The molecule has 20 heavy (non-hydrogen) atoms. The van der Waals surface area contributed by atoms with Crippen LogP contribution in [0.5, 0.6) is 0 Å². The first-order chi connectivity index (χ1) is 9.40. The number of esters is 1. The Morgan fingerprint density at radius 1 is 1.15 bits per heavy atom. The van der Waals surface area contributed by atoms with Gasteiger partial charge in [-0.2, -0.15) is 0 Å². The molecule has 0 spiro atoms. The molecule has 0 aromatic heterocycles. The summed E-state index contributed by atoms with van der Waals surface area (Å²) < 4.78 is 5.28. The summed E-state index contributed by atoms with van der Waals surface area (Å²) in [5.74, 6) is 0.294. The summed E-state index contributed by atoms with van der Waals surface area (Å²) in [6, 6.07) is 8.29. The Morgan fingerprint density at radius 3 is 2.25 bits per heavy atom. The molecule has 0 unspecified atom stereocenters. The number of carbonyl (C=O) groups is 1. The molecule has 0 heterocycles. The van der Waals surface area contributed by atoms with E-state index >= 15 is 0 Å². The van der Waals surface area contributed by atoms with Crippen molar-refractivity contribution in [2.75, 3.05) is 27.2 Å². The van der Waals surface area contributed by atoms with Gasteiger partial charge >= 0.3 is 5.97 Å². The lowest BCUT2D eigenvalue weighted by Crippen LogP contribution is -2.22. The number of likely N-dealkylation sites (N-methyl/N-ethyl adjacent to an activating group) is 1. The number of hydrogen-bond acceptors (Lipinski definition) is 3. The zero-order valence-electron chi connectivity index (χ0n) is 13.3. The van der Waals surface area contributed by atoms with Crippen molar-refractivity contribution in [3.8, 4) is 0 Å². The lowest BCUT2D eigenvalue weighted by atomic mass is 9.97. The number of nitrogens with zero attached hydrogens (tertiary/aromatic N) is 1. The minimum absolute atomic E-state index is 0.150. The predicted molar refractivity (Wildman–Crippen MR) is 82.9 cm³/mol. The van der Waals surface area contributed by atoms with Crippen molar-refractivity contribution in [2.24, 2.45) is 5.92 Å². The topological polar surface area (TPSA) is 29.5 Å². The van der Waals surface area contributed by atoms with Crippen LogP contribution in [0.3, 0.4) is 0 Å². The van der Waals surface area contributed by atoms with Gasteiger partial charge in [0.25, 0.3) is 0 Å². The summed E-state index contributed by atoms with van der Waals surface area (Å²) in [5, 5.41) is 0. The molecular formula is C17H27NO2. The van der Waals surface area contributed by atoms with Crippen LogP contribution < -0.4 is 0 Å². The van der Waals surface area contributed by atoms with E-state index in [1.165, 1.54) is 5.56 Å². The maximum atomic E-state index is 11.9. The van der Waals surface area contributed by atoms with E-state index in [0.717, 1.165) is 18.5 Å². The molecule has 0 saturated heterocycles. The van der Waals surface area contributed by atoms with Crippen LogP contribution in [0.1, 0.15) is 37.8 Å². The minimum atomic E-state index is -0.203. The van der Waals surface area contributed by atoms with E-state index in [-0.39, 0.29) is 11.9 Å².